The van der Waals surface area contributed by atoms with Gasteiger partial charge in [0.25, 0.3) is 0 Å². The summed E-state index contributed by atoms with van der Waals surface area (Å²) in [6.07, 6.45) is 7.11. The minimum atomic E-state index is 0.141. The van der Waals surface area contributed by atoms with Crippen LogP contribution in [0.5, 0.6) is 5.75 Å². The molecule has 1 aliphatic rings. The predicted molar refractivity (Wildman–Crippen MR) is 59.7 cm³/mol. The summed E-state index contributed by atoms with van der Waals surface area (Å²) in [6.45, 7) is 2.83. The molecule has 0 aromatic carbocycles. The van der Waals surface area contributed by atoms with Crippen molar-refractivity contribution < 1.29 is 4.74 Å². The van der Waals surface area contributed by atoms with E-state index in [1.807, 2.05) is 12.3 Å². The molecule has 0 amide bonds. The van der Waals surface area contributed by atoms with Crippen molar-refractivity contribution in [3.05, 3.63) is 24.0 Å². The highest BCUT2D eigenvalue weighted by Gasteiger charge is 2.29. The second-order valence-electron chi connectivity index (χ2n) is 4.17. The molecule has 1 aromatic heterocycles. The van der Waals surface area contributed by atoms with Crippen LogP contribution < -0.4 is 10.5 Å². The second-order valence-corrected chi connectivity index (χ2v) is 4.17. The molecule has 1 atom stereocenters. The van der Waals surface area contributed by atoms with Crippen LogP contribution >= 0.6 is 0 Å². The average molecular weight is 206 g/mol. The van der Waals surface area contributed by atoms with Gasteiger partial charge in [0.05, 0.1) is 12.8 Å². The number of aromatic nitrogens is 1. The summed E-state index contributed by atoms with van der Waals surface area (Å²) in [5.74, 6) is 1.50. The summed E-state index contributed by atoms with van der Waals surface area (Å²) in [6, 6.07) is 2.16. The number of pyridine rings is 1. The van der Waals surface area contributed by atoms with Crippen molar-refractivity contribution >= 4 is 0 Å². The van der Waals surface area contributed by atoms with Crippen LogP contribution in [0.2, 0.25) is 0 Å². The largest absolute Gasteiger partial charge is 0.492 e. The molecule has 3 heteroatoms. The molecular weight excluding hydrogens is 188 g/mol. The maximum atomic E-state index is 6.10. The van der Waals surface area contributed by atoms with Crippen LogP contribution in [0.4, 0.5) is 0 Å². The standard InChI is InChI=1S/C12H18N2O/c1-2-5-15-11-6-10(7-14-8-11)12(13)9-3-4-9/h6-9,12H,2-5,13H2,1H3. The first-order chi connectivity index (χ1) is 7.31. The number of ether oxygens (including phenoxy) is 1. The maximum Gasteiger partial charge on any atom is 0.137 e. The average Bonchev–Trinajstić information content (AvgIpc) is 3.09. The molecule has 15 heavy (non-hydrogen) atoms. The van der Waals surface area contributed by atoms with Crippen molar-refractivity contribution in [2.45, 2.75) is 32.2 Å². The normalized spacial score (nSPS) is 17.5. The van der Waals surface area contributed by atoms with Gasteiger partial charge in [0.2, 0.25) is 0 Å². The molecule has 1 unspecified atom stereocenters. The number of rotatable bonds is 5. The summed E-state index contributed by atoms with van der Waals surface area (Å²) >= 11 is 0. The molecule has 2 rings (SSSR count). The number of hydrogen-bond donors (Lipinski definition) is 1. The Hall–Kier alpha value is -1.09. The lowest BCUT2D eigenvalue weighted by Crippen LogP contribution is -2.12. The van der Waals surface area contributed by atoms with Gasteiger partial charge in [0.1, 0.15) is 5.75 Å². The first kappa shape index (κ1) is 10.4. The van der Waals surface area contributed by atoms with Gasteiger partial charge in [0.15, 0.2) is 0 Å². The lowest BCUT2D eigenvalue weighted by Gasteiger charge is -2.11. The third-order valence-corrected chi connectivity index (χ3v) is 2.72. The summed E-state index contributed by atoms with van der Waals surface area (Å²) in [5.41, 5.74) is 7.21. The summed E-state index contributed by atoms with van der Waals surface area (Å²) in [5, 5.41) is 0. The number of nitrogens with zero attached hydrogens (tertiary/aromatic N) is 1. The zero-order chi connectivity index (χ0) is 10.7. The van der Waals surface area contributed by atoms with Crippen molar-refractivity contribution in [1.29, 1.82) is 0 Å². The summed E-state index contributed by atoms with van der Waals surface area (Å²) < 4.78 is 5.53. The molecule has 0 saturated heterocycles. The number of nitrogens with two attached hydrogens (primary N) is 1. The van der Waals surface area contributed by atoms with E-state index in [2.05, 4.69) is 11.9 Å². The molecule has 3 nitrogen and oxygen atoms in total. The van der Waals surface area contributed by atoms with E-state index in [1.165, 1.54) is 12.8 Å². The third kappa shape index (κ3) is 2.69. The van der Waals surface area contributed by atoms with Crippen LogP contribution in [0.15, 0.2) is 18.5 Å². The van der Waals surface area contributed by atoms with E-state index in [0.717, 1.165) is 24.3 Å². The van der Waals surface area contributed by atoms with Crippen LogP contribution in [0, 0.1) is 5.92 Å². The molecular formula is C12H18N2O. The summed E-state index contributed by atoms with van der Waals surface area (Å²) in [7, 11) is 0. The molecule has 1 heterocycles. The van der Waals surface area contributed by atoms with E-state index >= 15 is 0 Å². The van der Waals surface area contributed by atoms with E-state index in [1.54, 1.807) is 6.20 Å². The lowest BCUT2D eigenvalue weighted by molar-refractivity contribution is 0.315. The van der Waals surface area contributed by atoms with Gasteiger partial charge >= 0.3 is 0 Å². The summed E-state index contributed by atoms with van der Waals surface area (Å²) in [4.78, 5) is 4.16. The molecule has 1 aliphatic carbocycles. The van der Waals surface area contributed by atoms with Crippen molar-refractivity contribution in [2.24, 2.45) is 11.7 Å². The van der Waals surface area contributed by atoms with Gasteiger partial charge < -0.3 is 10.5 Å². The minimum absolute atomic E-state index is 0.141. The predicted octanol–water partition coefficient (Wildman–Crippen LogP) is 2.28. The van der Waals surface area contributed by atoms with E-state index in [9.17, 15) is 0 Å². The van der Waals surface area contributed by atoms with Crippen LogP contribution in [-0.2, 0) is 0 Å². The zero-order valence-electron chi connectivity index (χ0n) is 9.15. The van der Waals surface area contributed by atoms with Crippen molar-refractivity contribution in [3.63, 3.8) is 0 Å². The quantitative estimate of drug-likeness (QED) is 0.804. The molecule has 82 valence electrons. The van der Waals surface area contributed by atoms with E-state index in [4.69, 9.17) is 10.5 Å². The lowest BCUT2D eigenvalue weighted by atomic mass is 10.1. The number of hydrogen-bond acceptors (Lipinski definition) is 3. The topological polar surface area (TPSA) is 48.1 Å². The Kier molecular flexibility index (Phi) is 3.21. The van der Waals surface area contributed by atoms with Gasteiger partial charge in [-0.15, -0.1) is 0 Å². The van der Waals surface area contributed by atoms with Gasteiger partial charge in [-0.25, -0.2) is 0 Å². The SMILES string of the molecule is CCCOc1cncc(C(N)C2CC2)c1. The minimum Gasteiger partial charge on any atom is -0.492 e. The van der Waals surface area contributed by atoms with Crippen LogP contribution in [0.25, 0.3) is 0 Å². The first-order valence-corrected chi connectivity index (χ1v) is 5.64. The molecule has 1 aromatic rings. The molecule has 0 radical (unpaired) electrons. The van der Waals surface area contributed by atoms with E-state index in [-0.39, 0.29) is 6.04 Å². The van der Waals surface area contributed by atoms with E-state index < -0.39 is 0 Å². The monoisotopic (exact) mass is 206 g/mol. The van der Waals surface area contributed by atoms with Gasteiger partial charge in [0, 0.05) is 12.2 Å². The van der Waals surface area contributed by atoms with Gasteiger partial charge in [-0.2, -0.15) is 0 Å². The van der Waals surface area contributed by atoms with Crippen molar-refractivity contribution in [3.8, 4) is 5.75 Å². The first-order valence-electron chi connectivity index (χ1n) is 5.64. The van der Waals surface area contributed by atoms with Gasteiger partial charge in [-0.3, -0.25) is 4.98 Å². The maximum absolute atomic E-state index is 6.10. The van der Waals surface area contributed by atoms with Crippen molar-refractivity contribution in [2.75, 3.05) is 6.61 Å². The fourth-order valence-corrected chi connectivity index (χ4v) is 1.64. The molecule has 0 bridgehead atoms. The molecule has 2 N–H and O–H groups in total. The van der Waals surface area contributed by atoms with Crippen LogP contribution in [0.1, 0.15) is 37.8 Å². The second kappa shape index (κ2) is 4.62. The highest BCUT2D eigenvalue weighted by Crippen LogP contribution is 2.39. The Balaban J connectivity index is 2.04. The smallest absolute Gasteiger partial charge is 0.137 e. The highest BCUT2D eigenvalue weighted by molar-refractivity contribution is 5.26. The Morgan fingerprint density at radius 2 is 2.33 bits per heavy atom. The molecule has 0 spiro atoms. The van der Waals surface area contributed by atoms with Crippen LogP contribution in [0.3, 0.4) is 0 Å². The Labute approximate surface area is 90.7 Å². The molecule has 1 saturated carbocycles. The van der Waals surface area contributed by atoms with Gasteiger partial charge in [-0.1, -0.05) is 6.92 Å². The zero-order valence-corrected chi connectivity index (χ0v) is 9.15. The van der Waals surface area contributed by atoms with E-state index in [0.29, 0.717) is 5.92 Å². The molecule has 0 aliphatic heterocycles. The van der Waals surface area contributed by atoms with Crippen molar-refractivity contribution in [1.82, 2.24) is 4.98 Å². The Morgan fingerprint density at radius 1 is 1.53 bits per heavy atom. The molecule has 1 fully saturated rings. The fourth-order valence-electron chi connectivity index (χ4n) is 1.64. The Bertz CT molecular complexity index is 323. The van der Waals surface area contributed by atoms with Crippen LogP contribution in [-0.4, -0.2) is 11.6 Å². The highest BCUT2D eigenvalue weighted by atomic mass is 16.5. The Morgan fingerprint density at radius 3 is 3.00 bits per heavy atom. The third-order valence-electron chi connectivity index (χ3n) is 2.72. The fraction of sp³-hybridized carbons (Fsp3) is 0.583. The van der Waals surface area contributed by atoms with Gasteiger partial charge in [-0.05, 0) is 36.8 Å².